The number of aryl methyl sites for hydroxylation is 2. The second-order valence-corrected chi connectivity index (χ2v) is 5.36. The van der Waals surface area contributed by atoms with Crippen LogP contribution in [0.5, 0.6) is 5.75 Å². The summed E-state index contributed by atoms with van der Waals surface area (Å²) in [6.45, 7) is 3.43. The Labute approximate surface area is 141 Å². The molecule has 0 aromatic heterocycles. The second kappa shape index (κ2) is 8.72. The number of hydrogen-bond donors (Lipinski definition) is 1. The van der Waals surface area contributed by atoms with Gasteiger partial charge in [-0.2, -0.15) is 0 Å². The lowest BCUT2D eigenvalue weighted by Crippen LogP contribution is -2.23. The molecule has 0 aliphatic heterocycles. The quantitative estimate of drug-likeness (QED) is 0.794. The number of benzene rings is 2. The summed E-state index contributed by atoms with van der Waals surface area (Å²) in [5.74, 6) is -0.390. The van der Waals surface area contributed by atoms with Gasteiger partial charge in [0.2, 0.25) is 0 Å². The number of hydrogen-bond acceptors (Lipinski definition) is 4. The highest BCUT2D eigenvalue weighted by molar-refractivity contribution is 5.92. The minimum absolute atomic E-state index is 0.234. The first-order valence-electron chi connectivity index (χ1n) is 7.80. The second-order valence-electron chi connectivity index (χ2n) is 5.36. The van der Waals surface area contributed by atoms with Gasteiger partial charge in [-0.05, 0) is 43.2 Å². The molecule has 1 amide bonds. The number of anilines is 1. The van der Waals surface area contributed by atoms with E-state index in [4.69, 9.17) is 9.47 Å². The van der Waals surface area contributed by atoms with Crippen molar-refractivity contribution < 1.29 is 19.1 Å². The van der Waals surface area contributed by atoms with Crippen LogP contribution in [0.3, 0.4) is 0 Å². The Kier molecular flexibility index (Phi) is 6.37. The molecule has 1 N–H and O–H groups in total. The molecule has 0 bridgehead atoms. The molecule has 0 aliphatic rings. The SMILES string of the molecule is CCc1cccc(NC(=O)COC(=O)COc2ccc(C)cc2)c1. The van der Waals surface area contributed by atoms with E-state index in [1.807, 2.05) is 44.2 Å². The summed E-state index contributed by atoms with van der Waals surface area (Å²) in [7, 11) is 0. The van der Waals surface area contributed by atoms with Crippen molar-refractivity contribution in [1.82, 2.24) is 0 Å². The van der Waals surface area contributed by atoms with E-state index in [1.165, 1.54) is 0 Å². The predicted octanol–water partition coefficient (Wildman–Crippen LogP) is 3.12. The highest BCUT2D eigenvalue weighted by atomic mass is 16.6. The predicted molar refractivity (Wildman–Crippen MR) is 92.1 cm³/mol. The number of esters is 1. The summed E-state index contributed by atoms with van der Waals surface area (Å²) in [6, 6.07) is 14.9. The van der Waals surface area contributed by atoms with E-state index in [-0.39, 0.29) is 19.1 Å². The van der Waals surface area contributed by atoms with Crippen LogP contribution in [0.1, 0.15) is 18.1 Å². The van der Waals surface area contributed by atoms with Gasteiger partial charge in [0.25, 0.3) is 5.91 Å². The molecule has 0 radical (unpaired) electrons. The molecule has 0 atom stereocenters. The van der Waals surface area contributed by atoms with E-state index in [2.05, 4.69) is 5.32 Å². The molecule has 0 spiro atoms. The van der Waals surface area contributed by atoms with Crippen molar-refractivity contribution in [3.8, 4) is 5.75 Å². The van der Waals surface area contributed by atoms with Crippen molar-refractivity contribution in [3.63, 3.8) is 0 Å². The summed E-state index contributed by atoms with van der Waals surface area (Å²) in [5.41, 5.74) is 2.91. The molecule has 0 fully saturated rings. The van der Waals surface area contributed by atoms with E-state index in [0.717, 1.165) is 17.5 Å². The maximum Gasteiger partial charge on any atom is 0.344 e. The van der Waals surface area contributed by atoms with E-state index in [0.29, 0.717) is 11.4 Å². The fourth-order valence-corrected chi connectivity index (χ4v) is 2.03. The fourth-order valence-electron chi connectivity index (χ4n) is 2.03. The summed E-state index contributed by atoms with van der Waals surface area (Å²) in [5, 5.41) is 2.70. The molecular weight excluding hydrogens is 306 g/mol. The van der Waals surface area contributed by atoms with Crippen LogP contribution >= 0.6 is 0 Å². The Bertz CT molecular complexity index is 695. The van der Waals surface area contributed by atoms with Crippen molar-refractivity contribution in [3.05, 3.63) is 59.7 Å². The molecule has 2 aromatic rings. The van der Waals surface area contributed by atoms with Crippen molar-refractivity contribution in [2.45, 2.75) is 20.3 Å². The molecular formula is C19H21NO4. The smallest absolute Gasteiger partial charge is 0.344 e. The Morgan fingerprint density at radius 3 is 2.50 bits per heavy atom. The van der Waals surface area contributed by atoms with Crippen LogP contribution in [0.2, 0.25) is 0 Å². The zero-order chi connectivity index (χ0) is 17.4. The van der Waals surface area contributed by atoms with Gasteiger partial charge >= 0.3 is 5.97 Å². The molecule has 0 heterocycles. The van der Waals surface area contributed by atoms with Gasteiger partial charge in [-0.1, -0.05) is 36.8 Å². The van der Waals surface area contributed by atoms with E-state index in [9.17, 15) is 9.59 Å². The van der Waals surface area contributed by atoms with Crippen LogP contribution in [0, 0.1) is 6.92 Å². The van der Waals surface area contributed by atoms with E-state index in [1.54, 1.807) is 18.2 Å². The van der Waals surface area contributed by atoms with Crippen LogP contribution in [0.15, 0.2) is 48.5 Å². The zero-order valence-electron chi connectivity index (χ0n) is 13.9. The summed E-state index contributed by atoms with van der Waals surface area (Å²) >= 11 is 0. The summed E-state index contributed by atoms with van der Waals surface area (Å²) in [6.07, 6.45) is 0.884. The van der Waals surface area contributed by atoms with Crippen molar-refractivity contribution >= 4 is 17.6 Å². The van der Waals surface area contributed by atoms with Gasteiger partial charge in [-0.25, -0.2) is 4.79 Å². The topological polar surface area (TPSA) is 64.6 Å². The summed E-state index contributed by atoms with van der Waals surface area (Å²) in [4.78, 5) is 23.4. The van der Waals surface area contributed by atoms with Gasteiger partial charge in [0.1, 0.15) is 5.75 Å². The molecule has 5 heteroatoms. The van der Waals surface area contributed by atoms with Crippen LogP contribution < -0.4 is 10.1 Å². The lowest BCUT2D eigenvalue weighted by Gasteiger charge is -2.08. The average molecular weight is 327 g/mol. The van der Waals surface area contributed by atoms with Crippen molar-refractivity contribution in [1.29, 1.82) is 0 Å². The normalized spacial score (nSPS) is 10.1. The van der Waals surface area contributed by atoms with Gasteiger partial charge in [0, 0.05) is 5.69 Å². The maximum absolute atomic E-state index is 11.8. The average Bonchev–Trinajstić information content (AvgIpc) is 2.59. The Balaban J connectivity index is 1.72. The van der Waals surface area contributed by atoms with Crippen molar-refractivity contribution in [2.24, 2.45) is 0 Å². The third-order valence-corrected chi connectivity index (χ3v) is 3.36. The number of nitrogens with one attached hydrogen (secondary N) is 1. The third-order valence-electron chi connectivity index (χ3n) is 3.36. The highest BCUT2D eigenvalue weighted by Crippen LogP contribution is 2.12. The van der Waals surface area contributed by atoms with Crippen LogP contribution in [0.25, 0.3) is 0 Å². The Morgan fingerprint density at radius 1 is 1.04 bits per heavy atom. The molecule has 0 saturated heterocycles. The zero-order valence-corrected chi connectivity index (χ0v) is 13.9. The fraction of sp³-hybridized carbons (Fsp3) is 0.263. The third kappa shape index (κ3) is 5.76. The van der Waals surface area contributed by atoms with Crippen molar-refractivity contribution in [2.75, 3.05) is 18.5 Å². The molecule has 5 nitrogen and oxygen atoms in total. The van der Waals surface area contributed by atoms with E-state index < -0.39 is 5.97 Å². The first kappa shape index (κ1) is 17.5. The molecule has 24 heavy (non-hydrogen) atoms. The Morgan fingerprint density at radius 2 is 1.79 bits per heavy atom. The van der Waals surface area contributed by atoms with Gasteiger partial charge in [-0.3, -0.25) is 4.79 Å². The molecule has 0 unspecified atom stereocenters. The highest BCUT2D eigenvalue weighted by Gasteiger charge is 2.09. The summed E-state index contributed by atoms with van der Waals surface area (Å²) < 4.78 is 10.2. The lowest BCUT2D eigenvalue weighted by atomic mass is 10.1. The standard InChI is InChI=1S/C19H21NO4/c1-3-15-5-4-6-16(11-15)20-18(21)12-24-19(22)13-23-17-9-7-14(2)8-10-17/h4-11H,3,12-13H2,1-2H3,(H,20,21). The molecule has 0 aliphatic carbocycles. The van der Waals surface area contributed by atoms with Crippen LogP contribution in [-0.2, 0) is 20.7 Å². The first-order valence-corrected chi connectivity index (χ1v) is 7.80. The minimum Gasteiger partial charge on any atom is -0.482 e. The number of carbonyl (C=O) groups excluding carboxylic acids is 2. The molecule has 126 valence electrons. The van der Waals surface area contributed by atoms with E-state index >= 15 is 0 Å². The number of carbonyl (C=O) groups is 2. The Hall–Kier alpha value is -2.82. The lowest BCUT2D eigenvalue weighted by molar-refractivity contribution is -0.149. The van der Waals surface area contributed by atoms with Gasteiger partial charge in [0.05, 0.1) is 0 Å². The van der Waals surface area contributed by atoms with Crippen LogP contribution in [0.4, 0.5) is 5.69 Å². The monoisotopic (exact) mass is 327 g/mol. The number of rotatable bonds is 7. The maximum atomic E-state index is 11.8. The number of amides is 1. The molecule has 2 aromatic carbocycles. The minimum atomic E-state index is -0.590. The molecule has 0 saturated carbocycles. The molecule has 2 rings (SSSR count). The first-order chi connectivity index (χ1) is 11.6. The van der Waals surface area contributed by atoms with Crippen LogP contribution in [-0.4, -0.2) is 25.1 Å². The van der Waals surface area contributed by atoms with Gasteiger partial charge in [-0.15, -0.1) is 0 Å². The van der Waals surface area contributed by atoms with Gasteiger partial charge < -0.3 is 14.8 Å². The largest absolute Gasteiger partial charge is 0.482 e. The van der Waals surface area contributed by atoms with Gasteiger partial charge in [0.15, 0.2) is 13.2 Å². The number of ether oxygens (including phenoxy) is 2.